The molecule has 0 amide bonds. The van der Waals surface area contributed by atoms with E-state index in [4.69, 9.17) is 23.7 Å². The Balaban J connectivity index is 1.76. The molecule has 38 heavy (non-hydrogen) atoms. The van der Waals surface area contributed by atoms with Crippen LogP contribution < -0.4 is 23.7 Å². The normalized spacial score (nSPS) is 14.9. The summed E-state index contributed by atoms with van der Waals surface area (Å²) < 4.78 is 28.9. The molecule has 202 valence electrons. The Labute approximate surface area is 223 Å². The first kappa shape index (κ1) is 27.1. The van der Waals surface area contributed by atoms with Gasteiger partial charge in [0.2, 0.25) is 5.75 Å². The smallest absolute Gasteiger partial charge is 0.306 e. The van der Waals surface area contributed by atoms with E-state index in [9.17, 15) is 9.90 Å². The Morgan fingerprint density at radius 2 is 1.50 bits per heavy atom. The lowest BCUT2D eigenvalue weighted by Gasteiger charge is -2.38. The van der Waals surface area contributed by atoms with Crippen LogP contribution in [0.1, 0.15) is 35.6 Å². The van der Waals surface area contributed by atoms with E-state index in [2.05, 4.69) is 4.90 Å². The van der Waals surface area contributed by atoms with Crippen molar-refractivity contribution in [1.82, 2.24) is 4.90 Å². The lowest BCUT2D eigenvalue weighted by Crippen LogP contribution is -2.39. The molecule has 0 aromatic heterocycles. The van der Waals surface area contributed by atoms with Crippen LogP contribution in [0.5, 0.6) is 28.7 Å². The highest BCUT2D eigenvalue weighted by molar-refractivity contribution is 5.70. The third-order valence-corrected chi connectivity index (χ3v) is 7.00. The number of hydrogen-bond acceptors (Lipinski definition) is 7. The second kappa shape index (κ2) is 12.6. The molecule has 1 unspecified atom stereocenters. The van der Waals surface area contributed by atoms with Crippen molar-refractivity contribution < 1.29 is 33.6 Å². The monoisotopic (exact) mass is 521 g/mol. The average Bonchev–Trinajstić information content (AvgIpc) is 2.96. The fourth-order valence-corrected chi connectivity index (χ4v) is 4.97. The molecular formula is C30H35NO7. The summed E-state index contributed by atoms with van der Waals surface area (Å²) in [5.41, 5.74) is 2.88. The maximum atomic E-state index is 11.6. The number of carboxylic acids is 1. The summed E-state index contributed by atoms with van der Waals surface area (Å²) >= 11 is 0. The molecule has 0 radical (unpaired) electrons. The van der Waals surface area contributed by atoms with Gasteiger partial charge in [-0.1, -0.05) is 30.3 Å². The first-order valence-corrected chi connectivity index (χ1v) is 12.6. The minimum absolute atomic E-state index is 0.239. The van der Waals surface area contributed by atoms with Crippen molar-refractivity contribution in [3.05, 3.63) is 77.4 Å². The van der Waals surface area contributed by atoms with E-state index < -0.39 is 5.97 Å². The minimum Gasteiger partial charge on any atom is -0.497 e. The summed E-state index contributed by atoms with van der Waals surface area (Å²) in [5, 5.41) is 9.54. The van der Waals surface area contributed by atoms with Crippen LogP contribution in [0, 0.1) is 5.92 Å². The Morgan fingerprint density at radius 1 is 0.868 bits per heavy atom. The molecule has 0 bridgehead atoms. The Kier molecular flexibility index (Phi) is 8.97. The number of methoxy groups -OCH3 is 4. The average molecular weight is 522 g/mol. The van der Waals surface area contributed by atoms with E-state index in [1.54, 1.807) is 28.4 Å². The fraction of sp³-hybridized carbons (Fsp3) is 0.367. The molecular weight excluding hydrogens is 486 g/mol. The summed E-state index contributed by atoms with van der Waals surface area (Å²) in [7, 11) is 6.46. The van der Waals surface area contributed by atoms with Gasteiger partial charge in [-0.15, -0.1) is 0 Å². The number of hydrogen-bond donors (Lipinski definition) is 1. The van der Waals surface area contributed by atoms with Crippen molar-refractivity contribution in [2.45, 2.75) is 25.5 Å². The largest absolute Gasteiger partial charge is 0.497 e. The third kappa shape index (κ3) is 5.97. The van der Waals surface area contributed by atoms with Crippen LogP contribution in [0.2, 0.25) is 0 Å². The molecule has 3 aromatic rings. The molecule has 1 aliphatic heterocycles. The highest BCUT2D eigenvalue weighted by Gasteiger charge is 2.33. The Hall–Kier alpha value is -3.91. The topological polar surface area (TPSA) is 86.7 Å². The zero-order chi connectivity index (χ0) is 27.1. The van der Waals surface area contributed by atoms with Crippen molar-refractivity contribution in [2.24, 2.45) is 5.92 Å². The molecule has 0 saturated carbocycles. The van der Waals surface area contributed by atoms with Gasteiger partial charge in [-0.3, -0.25) is 9.69 Å². The van der Waals surface area contributed by atoms with Crippen LogP contribution in [-0.4, -0.2) is 57.5 Å². The Bertz CT molecular complexity index is 1200. The predicted octanol–water partition coefficient (Wildman–Crippen LogP) is 5.19. The lowest BCUT2D eigenvalue weighted by molar-refractivity contribution is -0.143. The number of benzene rings is 3. The number of likely N-dealkylation sites (tertiary alicyclic amines) is 1. The number of carboxylic acid groups (broad SMARTS) is 1. The first-order chi connectivity index (χ1) is 18.5. The molecule has 1 aliphatic rings. The van der Waals surface area contributed by atoms with Gasteiger partial charge in [0.05, 0.1) is 40.4 Å². The second-order valence-electron chi connectivity index (χ2n) is 9.19. The van der Waals surface area contributed by atoms with E-state index in [1.165, 1.54) is 0 Å². The summed E-state index contributed by atoms with van der Waals surface area (Å²) in [6.07, 6.45) is 1.13. The number of aliphatic carboxylic acids is 1. The van der Waals surface area contributed by atoms with Gasteiger partial charge in [-0.05, 0) is 61.3 Å². The van der Waals surface area contributed by atoms with E-state index in [1.807, 2.05) is 60.7 Å². The van der Waals surface area contributed by atoms with Crippen molar-refractivity contribution in [1.29, 1.82) is 0 Å². The van der Waals surface area contributed by atoms with Crippen LogP contribution in [-0.2, 0) is 11.4 Å². The molecule has 8 nitrogen and oxygen atoms in total. The zero-order valence-corrected chi connectivity index (χ0v) is 22.3. The number of carbonyl (C=O) groups is 1. The van der Waals surface area contributed by atoms with Crippen LogP contribution in [0.25, 0.3) is 0 Å². The molecule has 1 fully saturated rings. The third-order valence-electron chi connectivity index (χ3n) is 7.00. The summed E-state index contributed by atoms with van der Waals surface area (Å²) in [6.45, 7) is 1.60. The number of rotatable bonds is 11. The van der Waals surface area contributed by atoms with Crippen molar-refractivity contribution in [3.63, 3.8) is 0 Å². The molecule has 8 heteroatoms. The zero-order valence-electron chi connectivity index (χ0n) is 22.3. The molecule has 1 atom stereocenters. The highest BCUT2D eigenvalue weighted by atomic mass is 16.5. The molecule has 1 saturated heterocycles. The van der Waals surface area contributed by atoms with Gasteiger partial charge in [0.25, 0.3) is 0 Å². The van der Waals surface area contributed by atoms with E-state index in [0.717, 1.165) is 16.7 Å². The van der Waals surface area contributed by atoms with Gasteiger partial charge in [-0.2, -0.15) is 0 Å². The van der Waals surface area contributed by atoms with Crippen LogP contribution in [0.15, 0.2) is 60.7 Å². The fourth-order valence-electron chi connectivity index (χ4n) is 4.97. The van der Waals surface area contributed by atoms with Gasteiger partial charge in [0, 0.05) is 11.6 Å². The van der Waals surface area contributed by atoms with E-state index in [-0.39, 0.29) is 12.0 Å². The standard InChI is InChI=1S/C30H35NO7/c1-34-23-10-11-24(25(18-23)35-2)28(31-14-12-21(13-15-31)30(32)33)22-16-26(36-3)29(27(17-22)37-4)38-19-20-8-6-5-7-9-20/h5-11,16-18,21,28H,12-15,19H2,1-4H3,(H,32,33). The van der Waals surface area contributed by atoms with Crippen molar-refractivity contribution in [2.75, 3.05) is 41.5 Å². The maximum absolute atomic E-state index is 11.6. The van der Waals surface area contributed by atoms with Crippen LogP contribution >= 0.6 is 0 Å². The number of piperidine rings is 1. The Morgan fingerprint density at radius 3 is 2.05 bits per heavy atom. The SMILES string of the molecule is COc1ccc(C(c2cc(OC)c(OCc3ccccc3)c(OC)c2)N2CCC(C(=O)O)CC2)c(OC)c1. The summed E-state index contributed by atoms with van der Waals surface area (Å²) in [6, 6.07) is 19.3. The first-order valence-electron chi connectivity index (χ1n) is 12.6. The van der Waals surface area contributed by atoms with Crippen LogP contribution in [0.4, 0.5) is 0 Å². The molecule has 3 aromatic carbocycles. The van der Waals surface area contributed by atoms with Gasteiger partial charge in [0.1, 0.15) is 18.1 Å². The van der Waals surface area contributed by atoms with Gasteiger partial charge in [-0.25, -0.2) is 0 Å². The minimum atomic E-state index is -0.744. The molecule has 0 spiro atoms. The molecule has 0 aliphatic carbocycles. The summed E-state index contributed by atoms with van der Waals surface area (Å²) in [5.74, 6) is 1.90. The molecule has 4 rings (SSSR count). The van der Waals surface area contributed by atoms with Gasteiger partial charge < -0.3 is 28.8 Å². The molecule has 1 heterocycles. The lowest BCUT2D eigenvalue weighted by atomic mass is 9.90. The van der Waals surface area contributed by atoms with Crippen molar-refractivity contribution in [3.8, 4) is 28.7 Å². The number of nitrogens with zero attached hydrogens (tertiary/aromatic N) is 1. The molecule has 1 N–H and O–H groups in total. The van der Waals surface area contributed by atoms with Crippen LogP contribution in [0.3, 0.4) is 0 Å². The highest BCUT2D eigenvalue weighted by Crippen LogP contribution is 2.45. The van der Waals surface area contributed by atoms with Gasteiger partial charge in [0.15, 0.2) is 11.5 Å². The van der Waals surface area contributed by atoms with Gasteiger partial charge >= 0.3 is 5.97 Å². The summed E-state index contributed by atoms with van der Waals surface area (Å²) in [4.78, 5) is 13.9. The maximum Gasteiger partial charge on any atom is 0.306 e. The van der Waals surface area contributed by atoms with E-state index in [0.29, 0.717) is 61.3 Å². The predicted molar refractivity (Wildman–Crippen MR) is 144 cm³/mol. The van der Waals surface area contributed by atoms with Crippen molar-refractivity contribution >= 4 is 5.97 Å². The quantitative estimate of drug-likeness (QED) is 0.369. The second-order valence-corrected chi connectivity index (χ2v) is 9.19. The van der Waals surface area contributed by atoms with E-state index >= 15 is 0 Å². The number of ether oxygens (including phenoxy) is 5.